The minimum atomic E-state index is -0.376. The van der Waals surface area contributed by atoms with E-state index in [1.807, 2.05) is 24.5 Å². The number of ether oxygens (including phenoxy) is 1. The zero-order valence-electron chi connectivity index (χ0n) is 15.4. The molecule has 3 aromatic rings. The smallest absolute Gasteiger partial charge is 0.277 e. The van der Waals surface area contributed by atoms with Gasteiger partial charge in [0.1, 0.15) is 11.6 Å². The van der Waals surface area contributed by atoms with Crippen molar-refractivity contribution in [3.8, 4) is 11.4 Å². The molecule has 7 heteroatoms. The summed E-state index contributed by atoms with van der Waals surface area (Å²) < 4.78 is 20.5. The van der Waals surface area contributed by atoms with Gasteiger partial charge < -0.3 is 9.30 Å². The van der Waals surface area contributed by atoms with E-state index in [4.69, 9.17) is 16.3 Å². The van der Waals surface area contributed by atoms with Gasteiger partial charge in [-0.15, -0.1) is 0 Å². The highest BCUT2D eigenvalue weighted by Gasteiger charge is 2.09. The topological polar surface area (TPSA) is 55.6 Å². The maximum atomic E-state index is 13.2. The summed E-state index contributed by atoms with van der Waals surface area (Å²) in [4.78, 5) is 11.9. The van der Waals surface area contributed by atoms with E-state index in [9.17, 15) is 9.18 Å². The summed E-state index contributed by atoms with van der Waals surface area (Å²) in [6.07, 6.45) is 1.57. The Balaban J connectivity index is 1.61. The maximum absolute atomic E-state index is 13.2. The lowest BCUT2D eigenvalue weighted by molar-refractivity contribution is -0.123. The van der Waals surface area contributed by atoms with E-state index < -0.39 is 0 Å². The number of rotatable bonds is 6. The fraction of sp³-hybridized carbons (Fsp3) is 0.143. The average Bonchev–Trinajstić information content (AvgIpc) is 2.96. The Labute approximate surface area is 167 Å². The van der Waals surface area contributed by atoms with Crippen LogP contribution in [0.25, 0.3) is 5.69 Å². The van der Waals surface area contributed by atoms with Crippen LogP contribution in [-0.2, 0) is 4.79 Å². The molecule has 0 radical (unpaired) electrons. The summed E-state index contributed by atoms with van der Waals surface area (Å²) in [5.41, 5.74) is 6.05. The number of aryl methyl sites for hydroxylation is 1. The summed E-state index contributed by atoms with van der Waals surface area (Å²) >= 11 is 5.80. The van der Waals surface area contributed by atoms with Crippen LogP contribution in [0.5, 0.6) is 5.75 Å². The van der Waals surface area contributed by atoms with E-state index in [0.717, 1.165) is 22.6 Å². The van der Waals surface area contributed by atoms with E-state index in [2.05, 4.69) is 10.5 Å². The molecule has 0 saturated heterocycles. The molecule has 28 heavy (non-hydrogen) atoms. The molecule has 0 saturated carbocycles. The van der Waals surface area contributed by atoms with Gasteiger partial charge in [0.05, 0.1) is 6.21 Å². The molecule has 1 heterocycles. The lowest BCUT2D eigenvalue weighted by Crippen LogP contribution is -2.24. The van der Waals surface area contributed by atoms with Gasteiger partial charge in [-0.05, 0) is 68.4 Å². The first-order valence-electron chi connectivity index (χ1n) is 8.59. The van der Waals surface area contributed by atoms with Crippen LogP contribution in [0.4, 0.5) is 4.39 Å². The highest BCUT2D eigenvalue weighted by atomic mass is 35.5. The zero-order chi connectivity index (χ0) is 20.1. The summed E-state index contributed by atoms with van der Waals surface area (Å²) in [6, 6.07) is 14.9. The quantitative estimate of drug-likeness (QED) is 0.493. The number of hydrogen-bond acceptors (Lipinski definition) is 3. The van der Waals surface area contributed by atoms with Gasteiger partial charge in [-0.25, -0.2) is 9.82 Å². The van der Waals surface area contributed by atoms with Crippen molar-refractivity contribution in [1.29, 1.82) is 0 Å². The van der Waals surface area contributed by atoms with E-state index in [0.29, 0.717) is 10.8 Å². The van der Waals surface area contributed by atoms with Crippen LogP contribution in [0.1, 0.15) is 17.0 Å². The second kappa shape index (κ2) is 8.71. The van der Waals surface area contributed by atoms with Crippen LogP contribution >= 0.6 is 11.6 Å². The van der Waals surface area contributed by atoms with E-state index in [1.165, 1.54) is 12.1 Å². The number of nitrogens with one attached hydrogen (secondary N) is 1. The highest BCUT2D eigenvalue weighted by molar-refractivity contribution is 6.30. The number of carbonyl (C=O) groups excluding carboxylic acids is 1. The number of hydrazone groups is 1. The zero-order valence-corrected chi connectivity index (χ0v) is 16.2. The molecule has 0 unspecified atom stereocenters. The van der Waals surface area contributed by atoms with Gasteiger partial charge >= 0.3 is 0 Å². The van der Waals surface area contributed by atoms with Crippen molar-refractivity contribution in [1.82, 2.24) is 9.99 Å². The third-order valence-electron chi connectivity index (χ3n) is 4.13. The molecule has 0 aliphatic rings. The predicted octanol–water partition coefficient (Wildman–Crippen LogP) is 4.42. The Morgan fingerprint density at radius 1 is 1.18 bits per heavy atom. The fourth-order valence-corrected chi connectivity index (χ4v) is 2.92. The minimum Gasteiger partial charge on any atom is -0.484 e. The first kappa shape index (κ1) is 19.6. The van der Waals surface area contributed by atoms with Crippen LogP contribution in [0, 0.1) is 19.7 Å². The molecule has 0 bridgehead atoms. The van der Waals surface area contributed by atoms with Crippen molar-refractivity contribution in [2.75, 3.05) is 6.61 Å². The molecule has 0 fully saturated rings. The van der Waals surface area contributed by atoms with Gasteiger partial charge in [0, 0.05) is 27.7 Å². The number of amides is 1. The lowest BCUT2D eigenvalue weighted by Gasteiger charge is -2.09. The molecule has 3 rings (SSSR count). The highest BCUT2D eigenvalue weighted by Crippen LogP contribution is 2.20. The van der Waals surface area contributed by atoms with E-state index in [-0.39, 0.29) is 18.3 Å². The van der Waals surface area contributed by atoms with Crippen molar-refractivity contribution in [3.05, 3.63) is 82.4 Å². The summed E-state index contributed by atoms with van der Waals surface area (Å²) in [5, 5.41) is 4.59. The average molecular weight is 400 g/mol. The molecular weight excluding hydrogens is 381 g/mol. The van der Waals surface area contributed by atoms with Crippen LogP contribution in [-0.4, -0.2) is 23.3 Å². The molecular formula is C21H19ClFN3O2. The van der Waals surface area contributed by atoms with Gasteiger partial charge in [-0.1, -0.05) is 11.6 Å². The van der Waals surface area contributed by atoms with Crippen molar-refractivity contribution < 1.29 is 13.9 Å². The van der Waals surface area contributed by atoms with Crippen LogP contribution in [0.3, 0.4) is 0 Å². The third kappa shape index (κ3) is 4.78. The number of aromatic nitrogens is 1. The molecule has 0 spiro atoms. The Bertz CT molecular complexity index is 996. The van der Waals surface area contributed by atoms with Gasteiger partial charge in [0.15, 0.2) is 6.61 Å². The van der Waals surface area contributed by atoms with Gasteiger partial charge in [-0.3, -0.25) is 4.79 Å². The molecule has 0 aliphatic heterocycles. The molecule has 0 atom stereocenters. The fourth-order valence-electron chi connectivity index (χ4n) is 2.79. The number of carbonyl (C=O) groups is 1. The maximum Gasteiger partial charge on any atom is 0.277 e. The molecule has 1 aromatic heterocycles. The largest absolute Gasteiger partial charge is 0.484 e. The Hall–Kier alpha value is -3.12. The molecule has 0 aliphatic carbocycles. The van der Waals surface area contributed by atoms with Gasteiger partial charge in [0.2, 0.25) is 0 Å². The second-order valence-corrected chi connectivity index (χ2v) is 6.61. The molecule has 144 valence electrons. The van der Waals surface area contributed by atoms with Gasteiger partial charge in [-0.2, -0.15) is 5.10 Å². The molecule has 1 amide bonds. The van der Waals surface area contributed by atoms with Crippen LogP contribution in [0.15, 0.2) is 59.7 Å². The monoisotopic (exact) mass is 399 g/mol. The number of halogens is 2. The van der Waals surface area contributed by atoms with Gasteiger partial charge in [0.25, 0.3) is 5.91 Å². The van der Waals surface area contributed by atoms with Crippen molar-refractivity contribution in [2.24, 2.45) is 5.10 Å². The summed E-state index contributed by atoms with van der Waals surface area (Å²) in [5.74, 6) is -0.110. The van der Waals surface area contributed by atoms with Crippen LogP contribution < -0.4 is 10.2 Å². The normalized spacial score (nSPS) is 11.0. The lowest BCUT2D eigenvalue weighted by atomic mass is 10.2. The van der Waals surface area contributed by atoms with Crippen molar-refractivity contribution in [3.63, 3.8) is 0 Å². The molecule has 5 nitrogen and oxygen atoms in total. The standard InChI is InChI=1S/C21H19ClFN3O2/c1-14-11-16(15(2)26(14)19-7-5-18(23)6-8-19)12-24-25-21(27)13-28-20-9-3-17(22)4-10-20/h3-12H,13H2,1-2H3,(H,25,27)/b24-12-. The predicted molar refractivity (Wildman–Crippen MR) is 108 cm³/mol. The second-order valence-electron chi connectivity index (χ2n) is 6.17. The summed E-state index contributed by atoms with van der Waals surface area (Å²) in [7, 11) is 0. The first-order chi connectivity index (χ1) is 13.4. The minimum absolute atomic E-state index is 0.159. The molecule has 1 N–H and O–H groups in total. The number of nitrogens with zero attached hydrogens (tertiary/aromatic N) is 2. The Morgan fingerprint density at radius 2 is 1.86 bits per heavy atom. The van der Waals surface area contributed by atoms with E-state index in [1.54, 1.807) is 42.6 Å². The molecule has 2 aromatic carbocycles. The summed E-state index contributed by atoms with van der Waals surface area (Å²) in [6.45, 7) is 3.73. The van der Waals surface area contributed by atoms with Crippen LogP contribution in [0.2, 0.25) is 5.02 Å². The first-order valence-corrected chi connectivity index (χ1v) is 8.97. The van der Waals surface area contributed by atoms with Crippen molar-refractivity contribution >= 4 is 23.7 Å². The number of benzene rings is 2. The van der Waals surface area contributed by atoms with Crippen molar-refractivity contribution in [2.45, 2.75) is 13.8 Å². The Kier molecular flexibility index (Phi) is 6.11. The van der Waals surface area contributed by atoms with E-state index >= 15 is 0 Å². The third-order valence-corrected chi connectivity index (χ3v) is 4.38. The Morgan fingerprint density at radius 3 is 2.54 bits per heavy atom. The number of hydrogen-bond donors (Lipinski definition) is 1. The SMILES string of the molecule is Cc1cc(/C=N\NC(=O)COc2ccc(Cl)cc2)c(C)n1-c1ccc(F)cc1.